The highest BCUT2D eigenvalue weighted by atomic mass is 16.5. The maximum Gasteiger partial charge on any atom is 0.337 e. The fourth-order valence-electron chi connectivity index (χ4n) is 3.45. The highest BCUT2D eigenvalue weighted by Gasteiger charge is 2.19. The smallest absolute Gasteiger partial charge is 0.337 e. The maximum absolute atomic E-state index is 13.2. The number of nitrogens with zero attached hydrogens (tertiary/aromatic N) is 5. The van der Waals surface area contributed by atoms with Crippen LogP contribution in [0.2, 0.25) is 0 Å². The molecule has 0 N–H and O–H groups in total. The van der Waals surface area contributed by atoms with E-state index in [1.165, 1.54) is 10.6 Å². The van der Waals surface area contributed by atoms with E-state index in [0.29, 0.717) is 29.1 Å². The minimum absolute atomic E-state index is 0.0691. The van der Waals surface area contributed by atoms with E-state index >= 15 is 0 Å². The SMILES string of the molecule is C=CCn1c(=O)c2c(ncn2Cc2ccc(C#N)cc2)n(-c2cccc(OC)c2)c1=O. The average molecular weight is 413 g/mol. The second-order valence-electron chi connectivity index (χ2n) is 6.88. The summed E-state index contributed by atoms with van der Waals surface area (Å²) in [4.78, 5) is 30.8. The van der Waals surface area contributed by atoms with Crippen LogP contribution in [0.4, 0.5) is 0 Å². The van der Waals surface area contributed by atoms with Gasteiger partial charge in [0, 0.05) is 19.2 Å². The first kappa shape index (κ1) is 19.9. The molecule has 0 aliphatic carbocycles. The van der Waals surface area contributed by atoms with Crippen molar-refractivity contribution in [3.05, 3.63) is 99.5 Å². The summed E-state index contributed by atoms with van der Waals surface area (Å²) in [7, 11) is 1.54. The molecule has 0 saturated heterocycles. The number of rotatable bonds is 6. The molecular weight excluding hydrogens is 394 g/mol. The molecule has 0 saturated carbocycles. The van der Waals surface area contributed by atoms with Crippen molar-refractivity contribution in [1.29, 1.82) is 5.26 Å². The molecule has 0 atom stereocenters. The van der Waals surface area contributed by atoms with Gasteiger partial charge >= 0.3 is 5.69 Å². The molecule has 0 fully saturated rings. The minimum atomic E-state index is -0.505. The van der Waals surface area contributed by atoms with Crippen molar-refractivity contribution in [1.82, 2.24) is 18.7 Å². The van der Waals surface area contributed by atoms with E-state index in [-0.39, 0.29) is 12.2 Å². The largest absolute Gasteiger partial charge is 0.497 e. The summed E-state index contributed by atoms with van der Waals surface area (Å²) < 4.78 is 9.52. The summed E-state index contributed by atoms with van der Waals surface area (Å²) in [5.74, 6) is 0.580. The molecule has 4 rings (SSSR count). The molecule has 0 unspecified atom stereocenters. The van der Waals surface area contributed by atoms with Crippen molar-refractivity contribution in [3.63, 3.8) is 0 Å². The van der Waals surface area contributed by atoms with Crippen molar-refractivity contribution < 1.29 is 4.74 Å². The zero-order valence-electron chi connectivity index (χ0n) is 16.9. The Hall–Kier alpha value is -4.38. The lowest BCUT2D eigenvalue weighted by Crippen LogP contribution is -2.39. The highest BCUT2D eigenvalue weighted by molar-refractivity contribution is 5.72. The lowest BCUT2D eigenvalue weighted by atomic mass is 10.1. The Balaban J connectivity index is 1.96. The zero-order valence-corrected chi connectivity index (χ0v) is 16.9. The van der Waals surface area contributed by atoms with Gasteiger partial charge in [-0.2, -0.15) is 5.26 Å². The van der Waals surface area contributed by atoms with Crippen molar-refractivity contribution >= 4 is 11.2 Å². The third-order valence-electron chi connectivity index (χ3n) is 4.96. The molecule has 0 amide bonds. The minimum Gasteiger partial charge on any atom is -0.497 e. The van der Waals surface area contributed by atoms with Gasteiger partial charge in [-0.15, -0.1) is 6.58 Å². The molecule has 154 valence electrons. The van der Waals surface area contributed by atoms with Gasteiger partial charge in [-0.1, -0.05) is 24.3 Å². The van der Waals surface area contributed by atoms with E-state index in [2.05, 4.69) is 17.6 Å². The number of hydrogen-bond acceptors (Lipinski definition) is 5. The number of aromatic nitrogens is 4. The lowest BCUT2D eigenvalue weighted by Gasteiger charge is -2.12. The predicted molar refractivity (Wildman–Crippen MR) is 117 cm³/mol. The van der Waals surface area contributed by atoms with Gasteiger partial charge in [-0.3, -0.25) is 9.36 Å². The van der Waals surface area contributed by atoms with E-state index in [0.717, 1.165) is 10.1 Å². The Morgan fingerprint density at radius 1 is 1.19 bits per heavy atom. The van der Waals surface area contributed by atoms with Crippen molar-refractivity contribution in [2.24, 2.45) is 0 Å². The normalized spacial score (nSPS) is 10.7. The molecule has 0 aliphatic heterocycles. The number of nitriles is 1. The molecule has 2 aromatic heterocycles. The van der Waals surface area contributed by atoms with E-state index in [9.17, 15) is 9.59 Å². The van der Waals surface area contributed by atoms with E-state index in [1.807, 2.05) is 12.1 Å². The number of imidazole rings is 1. The summed E-state index contributed by atoms with van der Waals surface area (Å²) in [5, 5.41) is 8.99. The zero-order chi connectivity index (χ0) is 22.0. The van der Waals surface area contributed by atoms with Crippen LogP contribution in [-0.2, 0) is 13.1 Å². The lowest BCUT2D eigenvalue weighted by molar-refractivity contribution is 0.414. The number of benzene rings is 2. The molecule has 8 heteroatoms. The molecular formula is C23H19N5O3. The molecule has 0 radical (unpaired) electrons. The van der Waals surface area contributed by atoms with E-state index in [1.54, 1.807) is 54.4 Å². The highest BCUT2D eigenvalue weighted by Crippen LogP contribution is 2.19. The monoisotopic (exact) mass is 413 g/mol. The summed E-state index contributed by atoms with van der Waals surface area (Å²) in [6, 6.07) is 16.2. The van der Waals surface area contributed by atoms with Gasteiger partial charge in [-0.05, 0) is 29.8 Å². The molecule has 31 heavy (non-hydrogen) atoms. The van der Waals surface area contributed by atoms with Gasteiger partial charge in [0.2, 0.25) is 0 Å². The van der Waals surface area contributed by atoms with Gasteiger partial charge in [-0.25, -0.2) is 14.3 Å². The number of hydrogen-bond donors (Lipinski definition) is 0. The predicted octanol–water partition coefficient (Wildman–Crippen LogP) is 2.46. The second kappa shape index (κ2) is 8.16. The van der Waals surface area contributed by atoms with Crippen LogP contribution in [0.15, 0.2) is 77.1 Å². The van der Waals surface area contributed by atoms with Gasteiger partial charge < -0.3 is 9.30 Å². The Morgan fingerprint density at radius 2 is 1.97 bits per heavy atom. The van der Waals surface area contributed by atoms with Crippen LogP contribution >= 0.6 is 0 Å². The third kappa shape index (κ3) is 3.53. The maximum atomic E-state index is 13.2. The fraction of sp³-hybridized carbons (Fsp3) is 0.130. The molecule has 2 aromatic carbocycles. The van der Waals surface area contributed by atoms with Gasteiger partial charge in [0.15, 0.2) is 11.2 Å². The first-order valence-electron chi connectivity index (χ1n) is 9.52. The first-order valence-corrected chi connectivity index (χ1v) is 9.52. The Kier molecular flexibility index (Phi) is 5.24. The quantitative estimate of drug-likeness (QED) is 0.453. The van der Waals surface area contributed by atoms with Crippen LogP contribution in [0.5, 0.6) is 5.75 Å². The Labute approximate surface area is 177 Å². The molecule has 0 aliphatic rings. The van der Waals surface area contributed by atoms with Crippen LogP contribution in [0, 0.1) is 11.3 Å². The van der Waals surface area contributed by atoms with Crippen LogP contribution in [0.3, 0.4) is 0 Å². The Morgan fingerprint density at radius 3 is 2.65 bits per heavy atom. The Bertz CT molecular complexity index is 1440. The first-order chi connectivity index (χ1) is 15.1. The average Bonchev–Trinajstić information content (AvgIpc) is 3.20. The summed E-state index contributed by atoms with van der Waals surface area (Å²) >= 11 is 0. The van der Waals surface area contributed by atoms with Crippen LogP contribution in [-0.4, -0.2) is 25.8 Å². The van der Waals surface area contributed by atoms with Gasteiger partial charge in [0.25, 0.3) is 5.56 Å². The van der Waals surface area contributed by atoms with Crippen LogP contribution in [0.25, 0.3) is 16.9 Å². The second-order valence-corrected chi connectivity index (χ2v) is 6.88. The van der Waals surface area contributed by atoms with E-state index in [4.69, 9.17) is 10.00 Å². The van der Waals surface area contributed by atoms with Crippen LogP contribution < -0.4 is 16.0 Å². The van der Waals surface area contributed by atoms with Crippen molar-refractivity contribution in [2.45, 2.75) is 13.1 Å². The van der Waals surface area contributed by atoms with Crippen LogP contribution in [0.1, 0.15) is 11.1 Å². The van der Waals surface area contributed by atoms with Gasteiger partial charge in [0.05, 0.1) is 30.8 Å². The molecule has 0 bridgehead atoms. The van der Waals surface area contributed by atoms with Gasteiger partial charge in [0.1, 0.15) is 5.75 Å². The molecule has 0 spiro atoms. The molecule has 2 heterocycles. The topological polar surface area (TPSA) is 94.8 Å². The number of methoxy groups -OCH3 is 1. The molecule has 4 aromatic rings. The fourth-order valence-corrected chi connectivity index (χ4v) is 3.45. The summed E-state index contributed by atoms with van der Waals surface area (Å²) in [5.41, 5.74) is 1.60. The number of ether oxygens (including phenoxy) is 1. The van der Waals surface area contributed by atoms with Crippen molar-refractivity contribution in [2.75, 3.05) is 7.11 Å². The van der Waals surface area contributed by atoms with E-state index < -0.39 is 11.2 Å². The number of fused-ring (bicyclic) bond motifs is 1. The summed E-state index contributed by atoms with van der Waals surface area (Å²) in [6.45, 7) is 4.10. The summed E-state index contributed by atoms with van der Waals surface area (Å²) in [6.07, 6.45) is 3.05. The standard InChI is InChI=1S/C23H19N5O3/c1-3-11-27-22(29)20-21(28(23(27)30)18-5-4-6-19(12-18)31-2)25-15-26(20)14-17-9-7-16(13-24)8-10-17/h3-10,12,15H,1,11,14H2,2H3. The number of allylic oxidation sites excluding steroid dienone is 1. The molecule has 8 nitrogen and oxygen atoms in total. The van der Waals surface area contributed by atoms with Crippen molar-refractivity contribution in [3.8, 4) is 17.5 Å². The third-order valence-corrected chi connectivity index (χ3v) is 4.96.